The summed E-state index contributed by atoms with van der Waals surface area (Å²) in [5.74, 6) is 0. The smallest absolute Gasteiger partial charge is 0.143 e. The Morgan fingerprint density at radius 1 is 0.431 bits per heavy atom. The molecule has 3 unspecified atom stereocenters. The molecule has 4 nitrogen and oxygen atoms in total. The summed E-state index contributed by atoms with van der Waals surface area (Å²) < 4.78 is 11.7. The van der Waals surface area contributed by atoms with Crippen molar-refractivity contribution in [3.63, 3.8) is 0 Å². The lowest BCUT2D eigenvalue weighted by molar-refractivity contribution is 0.204. The number of hydrogen-bond donors (Lipinski definition) is 3. The van der Waals surface area contributed by atoms with Gasteiger partial charge in [-0.15, -0.1) is 22.7 Å². The van der Waals surface area contributed by atoms with Gasteiger partial charge in [0.25, 0.3) is 0 Å². The Kier molecular flexibility index (Phi) is 6.69. The van der Waals surface area contributed by atoms with Crippen molar-refractivity contribution in [3.05, 3.63) is 168 Å². The Morgan fingerprint density at radius 2 is 1.12 bits per heavy atom. The van der Waals surface area contributed by atoms with E-state index in [4.69, 9.17) is 4.42 Å². The minimum Gasteiger partial charge on any atom is -0.455 e. The first-order valence-corrected chi connectivity index (χ1v) is 19.0. The van der Waals surface area contributed by atoms with Crippen molar-refractivity contribution in [1.29, 1.82) is 0 Å². The van der Waals surface area contributed by atoms with E-state index in [-0.39, 0.29) is 18.5 Å². The van der Waals surface area contributed by atoms with Crippen molar-refractivity contribution in [2.75, 3.05) is 0 Å². The first kappa shape index (κ1) is 29.4. The minimum absolute atomic E-state index is 0.0407. The van der Waals surface area contributed by atoms with Gasteiger partial charge in [-0.25, -0.2) is 0 Å². The van der Waals surface area contributed by atoms with Gasteiger partial charge in [0.2, 0.25) is 0 Å². The van der Waals surface area contributed by atoms with E-state index in [1.165, 1.54) is 62.6 Å². The lowest BCUT2D eigenvalue weighted by Crippen LogP contribution is -2.54. The van der Waals surface area contributed by atoms with E-state index in [9.17, 15) is 0 Å². The average molecular weight is 694 g/mol. The Labute approximate surface area is 302 Å². The van der Waals surface area contributed by atoms with Crippen LogP contribution in [0.4, 0.5) is 0 Å². The van der Waals surface area contributed by atoms with Crippen LogP contribution < -0.4 is 16.0 Å². The van der Waals surface area contributed by atoms with Crippen LogP contribution in [0, 0.1) is 0 Å². The molecule has 3 N–H and O–H groups in total. The lowest BCUT2D eigenvalue weighted by atomic mass is 9.97. The largest absolute Gasteiger partial charge is 0.455 e. The van der Waals surface area contributed by atoms with Gasteiger partial charge < -0.3 is 4.42 Å². The van der Waals surface area contributed by atoms with Crippen LogP contribution in [0.1, 0.15) is 35.2 Å². The second-order valence-corrected chi connectivity index (χ2v) is 15.5. The highest BCUT2D eigenvalue weighted by molar-refractivity contribution is 7.26. The van der Waals surface area contributed by atoms with Gasteiger partial charge in [0.05, 0.1) is 18.5 Å². The maximum atomic E-state index is 6.49. The van der Waals surface area contributed by atoms with Crippen molar-refractivity contribution in [2.24, 2.45) is 0 Å². The van der Waals surface area contributed by atoms with Gasteiger partial charge in [-0.1, -0.05) is 127 Å². The third kappa shape index (κ3) is 4.69. The molecule has 11 rings (SSSR count). The third-order valence-corrected chi connectivity index (χ3v) is 12.8. The fourth-order valence-corrected chi connectivity index (χ4v) is 10.5. The number of hydrogen-bond acceptors (Lipinski definition) is 6. The Bertz CT molecular complexity index is 2940. The van der Waals surface area contributed by atoms with Crippen LogP contribution in [0.3, 0.4) is 0 Å². The van der Waals surface area contributed by atoms with E-state index in [1.54, 1.807) is 0 Å². The first-order valence-electron chi connectivity index (χ1n) is 17.4. The predicted octanol–water partition coefficient (Wildman–Crippen LogP) is 12.2. The molecular weight excluding hydrogens is 663 g/mol. The molecule has 3 atom stereocenters. The maximum absolute atomic E-state index is 6.49. The monoisotopic (exact) mass is 693 g/mol. The summed E-state index contributed by atoms with van der Waals surface area (Å²) >= 11 is 3.73. The van der Waals surface area contributed by atoms with E-state index in [1.807, 2.05) is 28.7 Å². The summed E-state index contributed by atoms with van der Waals surface area (Å²) in [7, 11) is 0. The molecule has 0 bridgehead atoms. The molecule has 6 heteroatoms. The second-order valence-electron chi connectivity index (χ2n) is 13.3. The van der Waals surface area contributed by atoms with Crippen molar-refractivity contribution < 1.29 is 4.42 Å². The molecule has 244 valence electrons. The van der Waals surface area contributed by atoms with Gasteiger partial charge in [0, 0.05) is 62.2 Å². The van der Waals surface area contributed by atoms with Crippen LogP contribution in [0.15, 0.2) is 156 Å². The molecule has 1 saturated heterocycles. The molecule has 4 heterocycles. The van der Waals surface area contributed by atoms with E-state index in [0.29, 0.717) is 0 Å². The molecular formula is C45H31N3OS2. The number of furan rings is 1. The maximum Gasteiger partial charge on any atom is 0.143 e. The highest BCUT2D eigenvalue weighted by Gasteiger charge is 2.31. The molecule has 0 amide bonds. The van der Waals surface area contributed by atoms with E-state index < -0.39 is 0 Å². The summed E-state index contributed by atoms with van der Waals surface area (Å²) in [6.07, 6.45) is -0.183. The quantitative estimate of drug-likeness (QED) is 0.172. The van der Waals surface area contributed by atoms with Gasteiger partial charge in [0.1, 0.15) is 11.2 Å². The molecule has 51 heavy (non-hydrogen) atoms. The topological polar surface area (TPSA) is 49.2 Å². The fraction of sp³-hybridized carbons (Fsp3) is 0.0667. The number of nitrogens with one attached hydrogen (secondary N) is 3. The molecule has 1 aliphatic heterocycles. The molecule has 1 fully saturated rings. The van der Waals surface area contributed by atoms with Crippen LogP contribution in [-0.2, 0) is 0 Å². The Hall–Kier alpha value is -5.34. The zero-order valence-corrected chi connectivity index (χ0v) is 29.0. The minimum atomic E-state index is -0.0792. The number of benzene rings is 7. The summed E-state index contributed by atoms with van der Waals surface area (Å²) in [5.41, 5.74) is 7.89. The summed E-state index contributed by atoms with van der Waals surface area (Å²) in [6, 6.07) is 54.6. The van der Waals surface area contributed by atoms with Gasteiger partial charge in [0.15, 0.2) is 0 Å². The van der Waals surface area contributed by atoms with Crippen LogP contribution in [0.25, 0.3) is 73.4 Å². The van der Waals surface area contributed by atoms with Crippen LogP contribution in [-0.4, -0.2) is 0 Å². The van der Waals surface area contributed by atoms with Crippen LogP contribution in [0.2, 0.25) is 0 Å². The van der Waals surface area contributed by atoms with Gasteiger partial charge >= 0.3 is 0 Å². The molecule has 0 radical (unpaired) electrons. The van der Waals surface area contributed by atoms with Crippen molar-refractivity contribution in [3.8, 4) is 11.1 Å². The van der Waals surface area contributed by atoms with Gasteiger partial charge in [-0.05, 0) is 41.0 Å². The highest BCUT2D eigenvalue weighted by Crippen LogP contribution is 2.45. The Balaban J connectivity index is 1.03. The van der Waals surface area contributed by atoms with Crippen LogP contribution >= 0.6 is 22.7 Å². The molecule has 0 aliphatic carbocycles. The number of thiophene rings is 2. The third-order valence-electron chi connectivity index (χ3n) is 10.4. The van der Waals surface area contributed by atoms with Crippen LogP contribution in [0.5, 0.6) is 0 Å². The Morgan fingerprint density at radius 3 is 2.04 bits per heavy atom. The lowest BCUT2D eigenvalue weighted by Gasteiger charge is -2.39. The average Bonchev–Trinajstić information content (AvgIpc) is 3.89. The van der Waals surface area contributed by atoms with E-state index in [0.717, 1.165) is 27.5 Å². The normalized spacial score (nSPS) is 18.2. The zero-order chi connectivity index (χ0) is 33.5. The molecule has 0 spiro atoms. The predicted molar refractivity (Wildman–Crippen MR) is 215 cm³/mol. The molecule has 7 aromatic carbocycles. The first-order chi connectivity index (χ1) is 25.3. The van der Waals surface area contributed by atoms with Crippen molar-refractivity contribution >= 4 is 85.0 Å². The summed E-state index contributed by atoms with van der Waals surface area (Å²) in [5, 5.41) is 19.3. The number of fused-ring (bicyclic) bond motifs is 9. The van der Waals surface area contributed by atoms with Gasteiger partial charge in [-0.2, -0.15) is 0 Å². The number of para-hydroxylation sites is 2. The molecule has 1 aliphatic rings. The SMILES string of the molecule is c1ccc(C2NC(c3ccc4c(c3)sc3cccc(-c5cccc6c5oc5ccccc56)c34)NC(c3cccc4c3sc3ccccc34)N2)cc1. The van der Waals surface area contributed by atoms with Crippen molar-refractivity contribution in [2.45, 2.75) is 18.5 Å². The molecule has 0 saturated carbocycles. The summed E-state index contributed by atoms with van der Waals surface area (Å²) in [4.78, 5) is 0. The zero-order valence-electron chi connectivity index (χ0n) is 27.4. The number of rotatable bonds is 4. The standard InChI is InChI=1S/C45H31N3OS2/c1-2-11-26(12-3-1)43-46-44(48-45(47-43)35-19-9-18-33-29-14-5-7-21-37(29)51-42(33)35)27-23-24-34-39(25-27)50-38-22-10-15-30(40(34)38)32-17-8-16-31-28-13-4-6-20-36(28)49-41(31)32/h1-25,43-48H. The highest BCUT2D eigenvalue weighted by atomic mass is 32.1. The van der Waals surface area contributed by atoms with Gasteiger partial charge in [-0.3, -0.25) is 16.0 Å². The van der Waals surface area contributed by atoms with E-state index in [2.05, 4.69) is 162 Å². The molecule has 3 aromatic heterocycles. The second kappa shape index (κ2) is 11.6. The summed E-state index contributed by atoms with van der Waals surface area (Å²) in [6.45, 7) is 0. The fourth-order valence-electron chi connectivity index (χ4n) is 8.06. The van der Waals surface area contributed by atoms with Crippen molar-refractivity contribution in [1.82, 2.24) is 16.0 Å². The van der Waals surface area contributed by atoms with E-state index >= 15 is 0 Å². The molecule has 10 aromatic rings.